The van der Waals surface area contributed by atoms with Gasteiger partial charge in [-0.15, -0.1) is 0 Å². The largest absolute Gasteiger partial charge is 0.394 e. The highest BCUT2D eigenvalue weighted by molar-refractivity contribution is 14.1. The molecule has 0 radical (unpaired) electrons. The van der Waals surface area contributed by atoms with E-state index in [9.17, 15) is 10.2 Å². The van der Waals surface area contributed by atoms with Crippen molar-refractivity contribution in [2.45, 2.75) is 24.5 Å². The van der Waals surface area contributed by atoms with Crippen molar-refractivity contribution in [3.05, 3.63) is 16.1 Å². The maximum atomic E-state index is 10.1. The number of methoxy groups -OCH3 is 1. The lowest BCUT2D eigenvalue weighted by atomic mass is 10.1. The number of aliphatic hydroxyl groups excluding tert-OH is 2. The molecule has 0 amide bonds. The summed E-state index contributed by atoms with van der Waals surface area (Å²) in [6.45, 7) is -0.287. The van der Waals surface area contributed by atoms with Gasteiger partial charge in [0.25, 0.3) is 0 Å². The molecule has 4 N–H and O–H groups in total. The molecule has 21 heavy (non-hydrogen) atoms. The highest BCUT2D eigenvalue weighted by atomic mass is 127. The van der Waals surface area contributed by atoms with Crippen LogP contribution in [-0.2, 0) is 9.47 Å². The molecule has 3 rings (SSSR count). The zero-order valence-electron chi connectivity index (χ0n) is 11.2. The van der Waals surface area contributed by atoms with Crippen LogP contribution >= 0.6 is 22.6 Å². The highest BCUT2D eigenvalue weighted by Gasteiger charge is 2.45. The minimum Gasteiger partial charge on any atom is -0.394 e. The average Bonchev–Trinajstić information content (AvgIpc) is 2.97. The van der Waals surface area contributed by atoms with E-state index in [0.29, 0.717) is 11.5 Å². The molecule has 9 heteroatoms. The summed E-state index contributed by atoms with van der Waals surface area (Å²) in [6.07, 6.45) is 0.376. The lowest BCUT2D eigenvalue weighted by Gasteiger charge is -2.20. The van der Waals surface area contributed by atoms with Gasteiger partial charge in [0.15, 0.2) is 6.23 Å². The van der Waals surface area contributed by atoms with Gasteiger partial charge >= 0.3 is 0 Å². The molecule has 114 valence electrons. The Morgan fingerprint density at radius 1 is 1.52 bits per heavy atom. The molecule has 1 aliphatic heterocycles. The predicted octanol–water partition coefficient (Wildman–Crippen LogP) is -0.116. The fraction of sp³-hybridized carbons (Fsp3) is 0.500. The quantitative estimate of drug-likeness (QED) is 0.609. The molecule has 1 aliphatic rings. The highest BCUT2D eigenvalue weighted by Crippen LogP contribution is 2.35. The van der Waals surface area contributed by atoms with Gasteiger partial charge in [-0.2, -0.15) is 0 Å². The van der Waals surface area contributed by atoms with Crippen LogP contribution in [0.2, 0.25) is 0 Å². The van der Waals surface area contributed by atoms with Crippen molar-refractivity contribution >= 4 is 39.4 Å². The smallest absolute Gasteiger partial charge is 0.164 e. The fourth-order valence-corrected chi connectivity index (χ4v) is 3.42. The third-order valence-corrected chi connectivity index (χ3v) is 4.45. The van der Waals surface area contributed by atoms with Crippen LogP contribution in [0.1, 0.15) is 6.23 Å². The first-order valence-corrected chi connectivity index (χ1v) is 7.40. The Morgan fingerprint density at radius 2 is 2.29 bits per heavy atom. The van der Waals surface area contributed by atoms with Gasteiger partial charge in [0.05, 0.1) is 12.0 Å². The predicted molar refractivity (Wildman–Crippen MR) is 82.5 cm³/mol. The summed E-state index contributed by atoms with van der Waals surface area (Å²) in [4.78, 5) is 8.22. The lowest BCUT2D eigenvalue weighted by Crippen LogP contribution is -2.34. The molecule has 0 aliphatic carbocycles. The zero-order valence-corrected chi connectivity index (χ0v) is 13.3. The van der Waals surface area contributed by atoms with Gasteiger partial charge < -0.3 is 30.0 Å². The van der Waals surface area contributed by atoms with E-state index in [1.165, 1.54) is 13.4 Å². The van der Waals surface area contributed by atoms with E-state index in [1.54, 1.807) is 4.57 Å². The molecule has 2 aromatic heterocycles. The maximum Gasteiger partial charge on any atom is 0.164 e. The Labute approximate surface area is 134 Å². The summed E-state index contributed by atoms with van der Waals surface area (Å²) < 4.78 is 13.7. The molecule has 0 bridgehead atoms. The van der Waals surface area contributed by atoms with Crippen molar-refractivity contribution in [3.8, 4) is 0 Å². The van der Waals surface area contributed by atoms with Crippen molar-refractivity contribution in [2.75, 3.05) is 19.5 Å². The van der Waals surface area contributed by atoms with Crippen LogP contribution in [0, 0.1) is 3.57 Å². The number of aliphatic hydroxyl groups is 2. The van der Waals surface area contributed by atoms with E-state index in [0.717, 1.165) is 8.96 Å². The minimum atomic E-state index is -0.917. The first-order chi connectivity index (χ1) is 10.1. The zero-order chi connectivity index (χ0) is 15.1. The molecular formula is C12H15IN4O4. The molecule has 0 unspecified atom stereocenters. The maximum absolute atomic E-state index is 10.1. The number of hydrogen-bond donors (Lipinski definition) is 3. The number of anilines is 1. The molecule has 0 aromatic carbocycles. The second kappa shape index (κ2) is 5.65. The number of fused-ring (bicyclic) bond motifs is 1. The van der Waals surface area contributed by atoms with Crippen molar-refractivity contribution < 1.29 is 19.7 Å². The number of hydrogen-bond acceptors (Lipinski definition) is 7. The van der Waals surface area contributed by atoms with Crippen LogP contribution in [0.15, 0.2) is 12.5 Å². The molecule has 3 heterocycles. The van der Waals surface area contributed by atoms with Crippen LogP contribution in [0.4, 0.5) is 5.82 Å². The summed E-state index contributed by atoms with van der Waals surface area (Å²) in [7, 11) is 1.49. The monoisotopic (exact) mass is 406 g/mol. The number of ether oxygens (including phenoxy) is 2. The molecule has 2 aromatic rings. The summed E-state index contributed by atoms with van der Waals surface area (Å²) >= 11 is 2.14. The number of nitrogen functional groups attached to an aromatic ring is 1. The second-order valence-corrected chi connectivity index (χ2v) is 5.94. The van der Waals surface area contributed by atoms with Gasteiger partial charge in [0, 0.05) is 16.9 Å². The normalized spacial score (nSPS) is 29.3. The molecule has 1 fully saturated rings. The number of nitrogens with two attached hydrogens (primary N) is 1. The summed E-state index contributed by atoms with van der Waals surface area (Å²) in [5.41, 5.74) is 6.49. The summed E-state index contributed by atoms with van der Waals surface area (Å²) in [6, 6.07) is 0. The topological polar surface area (TPSA) is 116 Å². The van der Waals surface area contributed by atoms with E-state index in [2.05, 4.69) is 32.6 Å². The molecule has 1 saturated heterocycles. The standard InChI is InChI=1S/C12H15IN4O4/c1-20-9-8(19)6(3-18)21-12(9)17-2-5(13)7-10(14)15-4-16-11(7)17/h2,4,6,8-9,12,18-19H,3H2,1H3,(H2,14,15,16)/t6-,8-,9-,12-/m1/s1. The van der Waals surface area contributed by atoms with Gasteiger partial charge in [0.2, 0.25) is 0 Å². The van der Waals surface area contributed by atoms with Crippen molar-refractivity contribution in [3.63, 3.8) is 0 Å². The second-order valence-electron chi connectivity index (χ2n) is 4.78. The van der Waals surface area contributed by atoms with E-state index in [1.807, 2.05) is 6.20 Å². The van der Waals surface area contributed by atoms with E-state index in [-0.39, 0.29) is 6.61 Å². The molecular weight excluding hydrogens is 391 g/mol. The molecule has 0 spiro atoms. The Hall–Kier alpha value is -1.01. The minimum absolute atomic E-state index is 0.287. The summed E-state index contributed by atoms with van der Waals surface area (Å²) in [5.74, 6) is 0.384. The van der Waals surface area contributed by atoms with Crippen LogP contribution in [-0.4, -0.2) is 56.8 Å². The summed E-state index contributed by atoms with van der Waals surface area (Å²) in [5, 5.41) is 20.1. The van der Waals surface area contributed by atoms with Gasteiger partial charge in [0.1, 0.15) is 36.1 Å². The number of halogens is 1. The molecule has 8 nitrogen and oxygen atoms in total. The van der Waals surface area contributed by atoms with Gasteiger partial charge in [-0.1, -0.05) is 0 Å². The Morgan fingerprint density at radius 3 is 2.95 bits per heavy atom. The Kier molecular flexibility index (Phi) is 4.01. The SMILES string of the molecule is CO[C@@H]1[C@H](O)[C@@H](CO)O[C@H]1n1cc(I)c2c(N)ncnc21. The van der Waals surface area contributed by atoms with Crippen LogP contribution in [0.3, 0.4) is 0 Å². The molecule has 0 saturated carbocycles. The van der Waals surface area contributed by atoms with Crippen LogP contribution < -0.4 is 5.73 Å². The number of rotatable bonds is 3. The van der Waals surface area contributed by atoms with Crippen molar-refractivity contribution in [2.24, 2.45) is 0 Å². The number of nitrogens with zero attached hydrogens (tertiary/aromatic N) is 3. The van der Waals surface area contributed by atoms with Gasteiger partial charge in [-0.25, -0.2) is 9.97 Å². The van der Waals surface area contributed by atoms with Gasteiger partial charge in [-0.3, -0.25) is 0 Å². The van der Waals surface area contributed by atoms with Crippen LogP contribution in [0.5, 0.6) is 0 Å². The lowest BCUT2D eigenvalue weighted by molar-refractivity contribution is -0.0581. The number of aromatic nitrogens is 3. The third kappa shape index (κ3) is 2.28. The Balaban J connectivity index is 2.10. The first kappa shape index (κ1) is 14.9. The molecule has 4 atom stereocenters. The first-order valence-electron chi connectivity index (χ1n) is 6.32. The van der Waals surface area contributed by atoms with Crippen LogP contribution in [0.25, 0.3) is 11.0 Å². The fourth-order valence-electron chi connectivity index (χ4n) is 2.60. The van der Waals surface area contributed by atoms with Crippen molar-refractivity contribution in [1.82, 2.24) is 14.5 Å². The third-order valence-electron chi connectivity index (χ3n) is 3.63. The Bertz CT molecular complexity index is 664. The van der Waals surface area contributed by atoms with Gasteiger partial charge in [-0.05, 0) is 22.6 Å². The van der Waals surface area contributed by atoms with Crippen molar-refractivity contribution in [1.29, 1.82) is 0 Å². The average molecular weight is 406 g/mol. The van der Waals surface area contributed by atoms with E-state index in [4.69, 9.17) is 15.2 Å². The van der Waals surface area contributed by atoms with E-state index < -0.39 is 24.5 Å². The van der Waals surface area contributed by atoms with E-state index >= 15 is 0 Å².